The van der Waals surface area contributed by atoms with E-state index in [9.17, 15) is 0 Å². The monoisotopic (exact) mass is 240 g/mol. The molecule has 2 aromatic heterocycles. The Bertz CT molecular complexity index is 450. The SMILES string of the molecule is COc1cc(C)cc2ncc(Br)n12. The van der Waals surface area contributed by atoms with Gasteiger partial charge in [-0.1, -0.05) is 0 Å². The van der Waals surface area contributed by atoms with Gasteiger partial charge < -0.3 is 4.74 Å². The van der Waals surface area contributed by atoms with Crippen LogP contribution in [-0.2, 0) is 0 Å². The zero-order valence-electron chi connectivity index (χ0n) is 7.41. The van der Waals surface area contributed by atoms with Gasteiger partial charge in [-0.15, -0.1) is 0 Å². The summed E-state index contributed by atoms with van der Waals surface area (Å²) in [5.41, 5.74) is 2.03. The van der Waals surface area contributed by atoms with Crippen molar-refractivity contribution in [2.75, 3.05) is 7.11 Å². The first-order chi connectivity index (χ1) is 6.22. The Kier molecular flexibility index (Phi) is 2.00. The summed E-state index contributed by atoms with van der Waals surface area (Å²) in [6, 6.07) is 3.98. The minimum absolute atomic E-state index is 0.791. The van der Waals surface area contributed by atoms with Crippen LogP contribution in [0.5, 0.6) is 5.88 Å². The van der Waals surface area contributed by atoms with Gasteiger partial charge in [0, 0.05) is 6.07 Å². The maximum atomic E-state index is 5.24. The molecule has 0 aliphatic heterocycles. The average molecular weight is 241 g/mol. The van der Waals surface area contributed by atoms with E-state index in [1.165, 1.54) is 0 Å². The topological polar surface area (TPSA) is 26.5 Å². The van der Waals surface area contributed by atoms with Crippen LogP contribution in [0.25, 0.3) is 5.65 Å². The Morgan fingerprint density at radius 2 is 2.23 bits per heavy atom. The van der Waals surface area contributed by atoms with Gasteiger partial charge in [-0.05, 0) is 34.5 Å². The average Bonchev–Trinajstić information content (AvgIpc) is 2.46. The molecule has 3 nitrogen and oxygen atoms in total. The van der Waals surface area contributed by atoms with Crippen LogP contribution in [0, 0.1) is 6.92 Å². The number of halogens is 1. The summed E-state index contributed by atoms with van der Waals surface area (Å²) in [5.74, 6) is 0.791. The first kappa shape index (κ1) is 8.56. The van der Waals surface area contributed by atoms with Gasteiger partial charge in [0.25, 0.3) is 0 Å². The van der Waals surface area contributed by atoms with Crippen LogP contribution in [0.2, 0.25) is 0 Å². The number of hydrogen-bond donors (Lipinski definition) is 0. The van der Waals surface area contributed by atoms with E-state index >= 15 is 0 Å². The van der Waals surface area contributed by atoms with Crippen molar-refractivity contribution < 1.29 is 4.74 Å². The van der Waals surface area contributed by atoms with Gasteiger partial charge in [0.1, 0.15) is 10.3 Å². The number of ether oxygens (including phenoxy) is 1. The molecule has 0 spiro atoms. The third-order valence-electron chi connectivity index (χ3n) is 1.88. The maximum absolute atomic E-state index is 5.24. The number of fused-ring (bicyclic) bond motifs is 1. The third kappa shape index (κ3) is 1.31. The van der Waals surface area contributed by atoms with E-state index in [2.05, 4.69) is 20.9 Å². The molecule has 68 valence electrons. The Morgan fingerprint density at radius 1 is 1.46 bits per heavy atom. The second-order valence-corrected chi connectivity index (χ2v) is 3.66. The second kappa shape index (κ2) is 3.03. The lowest BCUT2D eigenvalue weighted by atomic mass is 10.3. The first-order valence-electron chi connectivity index (χ1n) is 3.90. The highest BCUT2D eigenvalue weighted by Gasteiger charge is 2.06. The largest absolute Gasteiger partial charge is 0.482 e. The number of rotatable bonds is 1. The predicted octanol–water partition coefficient (Wildman–Crippen LogP) is 2.41. The number of imidazole rings is 1. The summed E-state index contributed by atoms with van der Waals surface area (Å²) >= 11 is 3.40. The Hall–Kier alpha value is -1.03. The molecule has 13 heavy (non-hydrogen) atoms. The fourth-order valence-corrected chi connectivity index (χ4v) is 1.78. The lowest BCUT2D eigenvalue weighted by Crippen LogP contribution is -1.94. The molecule has 0 aromatic carbocycles. The van der Waals surface area contributed by atoms with E-state index in [4.69, 9.17) is 4.74 Å². The molecule has 2 rings (SSSR count). The van der Waals surface area contributed by atoms with Gasteiger partial charge in [-0.3, -0.25) is 4.40 Å². The van der Waals surface area contributed by atoms with E-state index in [0.29, 0.717) is 0 Å². The van der Waals surface area contributed by atoms with Gasteiger partial charge in [0.05, 0.1) is 13.3 Å². The van der Waals surface area contributed by atoms with E-state index in [1.807, 2.05) is 23.5 Å². The molecule has 0 aliphatic rings. The van der Waals surface area contributed by atoms with Crippen molar-refractivity contribution in [1.29, 1.82) is 0 Å². The summed E-state index contributed by atoms with van der Waals surface area (Å²) in [7, 11) is 1.65. The van der Waals surface area contributed by atoms with Crippen molar-refractivity contribution in [3.8, 4) is 5.88 Å². The van der Waals surface area contributed by atoms with Gasteiger partial charge >= 0.3 is 0 Å². The van der Waals surface area contributed by atoms with Crippen LogP contribution in [0.4, 0.5) is 0 Å². The molecule has 0 bridgehead atoms. The van der Waals surface area contributed by atoms with Crippen molar-refractivity contribution in [2.24, 2.45) is 0 Å². The minimum Gasteiger partial charge on any atom is -0.482 e. The van der Waals surface area contributed by atoms with Crippen molar-refractivity contribution >= 4 is 21.6 Å². The van der Waals surface area contributed by atoms with Gasteiger partial charge in [-0.2, -0.15) is 0 Å². The Morgan fingerprint density at radius 3 is 2.92 bits per heavy atom. The predicted molar refractivity (Wildman–Crippen MR) is 54.2 cm³/mol. The first-order valence-corrected chi connectivity index (χ1v) is 4.69. The van der Waals surface area contributed by atoms with Crippen LogP contribution in [0.1, 0.15) is 5.56 Å². The molecular weight excluding hydrogens is 232 g/mol. The molecule has 4 heteroatoms. The Labute approximate surface area is 84.5 Å². The van der Waals surface area contributed by atoms with E-state index < -0.39 is 0 Å². The molecule has 0 unspecified atom stereocenters. The molecule has 0 fully saturated rings. The molecule has 2 heterocycles. The summed E-state index contributed by atoms with van der Waals surface area (Å²) in [5, 5.41) is 0. The van der Waals surface area contributed by atoms with Crippen molar-refractivity contribution in [2.45, 2.75) is 6.92 Å². The molecule has 2 aromatic rings. The number of nitrogens with zero attached hydrogens (tertiary/aromatic N) is 2. The van der Waals surface area contributed by atoms with Crippen molar-refractivity contribution in [3.63, 3.8) is 0 Å². The summed E-state index contributed by atoms with van der Waals surface area (Å²) in [6.45, 7) is 2.02. The zero-order valence-corrected chi connectivity index (χ0v) is 9.00. The highest BCUT2D eigenvalue weighted by molar-refractivity contribution is 9.10. The summed E-state index contributed by atoms with van der Waals surface area (Å²) < 4.78 is 8.05. The number of pyridine rings is 1. The lowest BCUT2D eigenvalue weighted by molar-refractivity contribution is 0.391. The quantitative estimate of drug-likeness (QED) is 0.766. The molecule has 0 radical (unpaired) electrons. The van der Waals surface area contributed by atoms with Gasteiger partial charge in [0.15, 0.2) is 5.88 Å². The molecule has 0 saturated heterocycles. The van der Waals surface area contributed by atoms with Crippen LogP contribution in [-0.4, -0.2) is 16.5 Å². The van der Waals surface area contributed by atoms with Crippen LogP contribution >= 0.6 is 15.9 Å². The van der Waals surface area contributed by atoms with Crippen molar-refractivity contribution in [1.82, 2.24) is 9.38 Å². The minimum atomic E-state index is 0.791. The molecule has 0 saturated carbocycles. The third-order valence-corrected chi connectivity index (χ3v) is 2.44. The normalized spacial score (nSPS) is 10.7. The number of hydrogen-bond acceptors (Lipinski definition) is 2. The number of aryl methyl sites for hydroxylation is 1. The zero-order chi connectivity index (χ0) is 9.42. The molecule has 0 amide bonds. The fourth-order valence-electron chi connectivity index (χ4n) is 1.32. The fraction of sp³-hybridized carbons (Fsp3) is 0.222. The highest BCUT2D eigenvalue weighted by Crippen LogP contribution is 2.22. The molecule has 0 aliphatic carbocycles. The van der Waals surface area contributed by atoms with E-state index in [-0.39, 0.29) is 0 Å². The standard InChI is InChI=1S/C9H9BrN2O/c1-6-3-8-11-5-7(10)12(8)9(4-6)13-2/h3-5H,1-2H3. The number of aromatic nitrogens is 2. The highest BCUT2D eigenvalue weighted by atomic mass is 79.9. The smallest absolute Gasteiger partial charge is 0.200 e. The van der Waals surface area contributed by atoms with Crippen LogP contribution in [0.15, 0.2) is 22.9 Å². The van der Waals surface area contributed by atoms with Crippen LogP contribution in [0.3, 0.4) is 0 Å². The number of methoxy groups -OCH3 is 1. The molecule has 0 atom stereocenters. The second-order valence-electron chi connectivity index (χ2n) is 2.85. The van der Waals surface area contributed by atoms with Crippen molar-refractivity contribution in [3.05, 3.63) is 28.5 Å². The molecule has 0 N–H and O–H groups in total. The van der Waals surface area contributed by atoms with E-state index in [1.54, 1.807) is 13.3 Å². The van der Waals surface area contributed by atoms with Gasteiger partial charge in [0.2, 0.25) is 0 Å². The van der Waals surface area contributed by atoms with Gasteiger partial charge in [-0.25, -0.2) is 4.98 Å². The maximum Gasteiger partial charge on any atom is 0.200 e. The van der Waals surface area contributed by atoms with Crippen LogP contribution < -0.4 is 4.74 Å². The summed E-state index contributed by atoms with van der Waals surface area (Å²) in [6.07, 6.45) is 1.76. The summed E-state index contributed by atoms with van der Waals surface area (Å²) in [4.78, 5) is 4.22. The molecular formula is C9H9BrN2O. The Balaban J connectivity index is 2.85. The lowest BCUT2D eigenvalue weighted by Gasteiger charge is -2.05. The van der Waals surface area contributed by atoms with E-state index in [0.717, 1.165) is 21.7 Å².